The normalized spacial score (nSPS) is 12.4. The molecule has 1 aromatic heterocycles. The van der Waals surface area contributed by atoms with Crippen LogP contribution < -0.4 is 0 Å². The van der Waals surface area contributed by atoms with Crippen molar-refractivity contribution in [1.29, 1.82) is 0 Å². The Morgan fingerprint density at radius 1 is 1.47 bits per heavy atom. The van der Waals surface area contributed by atoms with Crippen LogP contribution >= 0.6 is 11.8 Å². The lowest BCUT2D eigenvalue weighted by molar-refractivity contribution is -0.145. The molecule has 1 aromatic rings. The molecule has 0 bridgehead atoms. The van der Waals surface area contributed by atoms with E-state index in [0.717, 1.165) is 11.8 Å². The van der Waals surface area contributed by atoms with Gasteiger partial charge in [-0.05, 0) is 22.8 Å². The van der Waals surface area contributed by atoms with Gasteiger partial charge in [-0.3, -0.25) is 4.79 Å². The lowest BCUT2D eigenvalue weighted by atomic mass is 10.0. The zero-order valence-corrected chi connectivity index (χ0v) is 11.8. The van der Waals surface area contributed by atoms with Gasteiger partial charge in [-0.2, -0.15) is 0 Å². The minimum Gasteiger partial charge on any atom is -0.481 e. The van der Waals surface area contributed by atoms with E-state index in [-0.39, 0.29) is 11.7 Å². The van der Waals surface area contributed by atoms with E-state index in [2.05, 4.69) is 15.5 Å². The molecule has 1 N–H and O–H groups in total. The molecular weight excluding hydrogens is 272 g/mol. The highest BCUT2D eigenvalue weighted by atomic mass is 32.2. The number of hydrogen-bond acceptors (Lipinski definition) is 7. The molecule has 106 valence electrons. The van der Waals surface area contributed by atoms with E-state index in [1.807, 2.05) is 13.8 Å². The van der Waals surface area contributed by atoms with E-state index >= 15 is 0 Å². The van der Waals surface area contributed by atoms with Crippen molar-refractivity contribution in [3.63, 3.8) is 0 Å². The lowest BCUT2D eigenvalue weighted by Crippen LogP contribution is -2.24. The SMILES string of the molecule is COC(=O)C(CC(C)C)n1nnnc1SCC(=O)O. The van der Waals surface area contributed by atoms with Crippen LogP contribution in [0, 0.1) is 5.92 Å². The van der Waals surface area contributed by atoms with Gasteiger partial charge < -0.3 is 9.84 Å². The predicted octanol–water partition coefficient (Wildman–Crippen LogP) is 0.610. The number of methoxy groups -OCH3 is 1. The Bertz CT molecular complexity index is 448. The largest absolute Gasteiger partial charge is 0.481 e. The first-order valence-corrected chi connectivity index (χ1v) is 6.64. The van der Waals surface area contributed by atoms with Crippen LogP contribution in [0.3, 0.4) is 0 Å². The van der Waals surface area contributed by atoms with Gasteiger partial charge >= 0.3 is 11.9 Å². The van der Waals surface area contributed by atoms with E-state index in [9.17, 15) is 9.59 Å². The van der Waals surface area contributed by atoms with Gasteiger partial charge in [-0.25, -0.2) is 9.48 Å². The molecule has 1 heterocycles. The maximum absolute atomic E-state index is 11.8. The molecule has 19 heavy (non-hydrogen) atoms. The van der Waals surface area contributed by atoms with Gasteiger partial charge in [0.2, 0.25) is 5.16 Å². The van der Waals surface area contributed by atoms with Gasteiger partial charge in [0, 0.05) is 0 Å². The highest BCUT2D eigenvalue weighted by Crippen LogP contribution is 2.23. The van der Waals surface area contributed by atoms with Crippen molar-refractivity contribution in [3.8, 4) is 0 Å². The second kappa shape index (κ2) is 7.07. The van der Waals surface area contributed by atoms with Gasteiger partial charge in [0.25, 0.3) is 0 Å². The molecule has 0 saturated heterocycles. The number of rotatable bonds is 7. The number of thioether (sulfide) groups is 1. The lowest BCUT2D eigenvalue weighted by Gasteiger charge is -2.17. The fourth-order valence-electron chi connectivity index (χ4n) is 1.48. The summed E-state index contributed by atoms with van der Waals surface area (Å²) < 4.78 is 6.06. The molecule has 0 radical (unpaired) electrons. The van der Waals surface area contributed by atoms with E-state index in [4.69, 9.17) is 9.84 Å². The monoisotopic (exact) mass is 288 g/mol. The van der Waals surface area contributed by atoms with Crippen molar-refractivity contribution >= 4 is 23.7 Å². The van der Waals surface area contributed by atoms with Crippen LogP contribution in [0.5, 0.6) is 0 Å². The minimum absolute atomic E-state index is 0.171. The molecule has 0 fully saturated rings. The summed E-state index contributed by atoms with van der Waals surface area (Å²) in [6.45, 7) is 3.93. The smallest absolute Gasteiger partial charge is 0.330 e. The van der Waals surface area contributed by atoms with Gasteiger partial charge in [0.1, 0.15) is 0 Å². The van der Waals surface area contributed by atoms with E-state index in [1.54, 1.807) is 0 Å². The molecule has 8 nitrogen and oxygen atoms in total. The number of aromatic nitrogens is 4. The molecule has 1 atom stereocenters. The summed E-state index contributed by atoms with van der Waals surface area (Å²) in [5.41, 5.74) is 0. The van der Waals surface area contributed by atoms with Crippen molar-refractivity contribution in [2.75, 3.05) is 12.9 Å². The third kappa shape index (κ3) is 4.51. The summed E-state index contributed by atoms with van der Waals surface area (Å²) in [4.78, 5) is 22.3. The number of aliphatic carboxylic acids is 1. The second-order valence-corrected chi connectivity index (χ2v) is 5.20. The Labute approximate surface area is 114 Å². The molecule has 9 heteroatoms. The van der Waals surface area contributed by atoms with E-state index in [1.165, 1.54) is 11.8 Å². The number of esters is 1. The molecule has 0 amide bonds. The molecule has 0 spiro atoms. The van der Waals surface area contributed by atoms with E-state index < -0.39 is 18.0 Å². The standard InChI is InChI=1S/C10H16N4O4S/c1-6(2)4-7(9(17)18-3)14-10(11-12-13-14)19-5-8(15)16/h6-7H,4-5H2,1-3H3,(H,15,16). The van der Waals surface area contributed by atoms with Gasteiger partial charge in [0.05, 0.1) is 12.9 Å². The highest BCUT2D eigenvalue weighted by Gasteiger charge is 2.27. The Morgan fingerprint density at radius 3 is 2.68 bits per heavy atom. The summed E-state index contributed by atoms with van der Waals surface area (Å²) in [7, 11) is 1.30. The number of nitrogens with zero attached hydrogens (tertiary/aromatic N) is 4. The average molecular weight is 288 g/mol. The van der Waals surface area contributed by atoms with Crippen LogP contribution in [-0.4, -0.2) is 50.1 Å². The van der Waals surface area contributed by atoms with Crippen molar-refractivity contribution in [2.24, 2.45) is 5.92 Å². The molecule has 0 aliphatic rings. The Morgan fingerprint density at radius 2 is 2.16 bits per heavy atom. The molecule has 0 saturated carbocycles. The minimum atomic E-state index is -0.974. The molecule has 0 aliphatic heterocycles. The maximum Gasteiger partial charge on any atom is 0.330 e. The molecule has 0 aromatic carbocycles. The number of carboxylic acid groups (broad SMARTS) is 1. The highest BCUT2D eigenvalue weighted by molar-refractivity contribution is 7.99. The number of carbonyl (C=O) groups excluding carboxylic acids is 1. The van der Waals surface area contributed by atoms with Crippen molar-refractivity contribution in [2.45, 2.75) is 31.5 Å². The number of carbonyl (C=O) groups is 2. The molecule has 1 rings (SSSR count). The number of hydrogen-bond donors (Lipinski definition) is 1. The third-order valence-electron chi connectivity index (χ3n) is 2.25. The second-order valence-electron chi connectivity index (χ2n) is 4.26. The third-order valence-corrected chi connectivity index (χ3v) is 3.17. The molecular formula is C10H16N4O4S. The van der Waals surface area contributed by atoms with E-state index in [0.29, 0.717) is 11.6 Å². The Balaban J connectivity index is 2.92. The molecule has 1 unspecified atom stereocenters. The van der Waals surface area contributed by atoms with Gasteiger partial charge in [-0.1, -0.05) is 25.6 Å². The maximum atomic E-state index is 11.8. The van der Waals surface area contributed by atoms with Gasteiger partial charge in [0.15, 0.2) is 6.04 Å². The fourth-order valence-corrected chi connectivity index (χ4v) is 2.12. The first-order valence-electron chi connectivity index (χ1n) is 5.66. The summed E-state index contributed by atoms with van der Waals surface area (Å²) in [6, 6.07) is -0.642. The first kappa shape index (κ1) is 15.4. The summed E-state index contributed by atoms with van der Waals surface area (Å²) in [5.74, 6) is -1.35. The summed E-state index contributed by atoms with van der Waals surface area (Å²) in [5, 5.41) is 19.9. The van der Waals surface area contributed by atoms with Crippen LogP contribution in [-0.2, 0) is 14.3 Å². The summed E-state index contributed by atoms with van der Waals surface area (Å²) >= 11 is 0.965. The summed E-state index contributed by atoms with van der Waals surface area (Å²) in [6.07, 6.45) is 0.512. The number of tetrazole rings is 1. The van der Waals surface area contributed by atoms with Crippen LogP contribution in [0.1, 0.15) is 26.3 Å². The number of carboxylic acids is 1. The first-order chi connectivity index (χ1) is 8.95. The predicted molar refractivity (Wildman–Crippen MR) is 66.7 cm³/mol. The average Bonchev–Trinajstić information content (AvgIpc) is 2.80. The topological polar surface area (TPSA) is 107 Å². The van der Waals surface area contributed by atoms with Crippen LogP contribution in [0.15, 0.2) is 5.16 Å². The van der Waals surface area contributed by atoms with Crippen molar-refractivity contribution in [1.82, 2.24) is 20.2 Å². The number of ether oxygens (including phenoxy) is 1. The fraction of sp³-hybridized carbons (Fsp3) is 0.700. The van der Waals surface area contributed by atoms with Crippen LogP contribution in [0.4, 0.5) is 0 Å². The van der Waals surface area contributed by atoms with Gasteiger partial charge in [-0.15, -0.1) is 5.10 Å². The van der Waals surface area contributed by atoms with Crippen molar-refractivity contribution < 1.29 is 19.4 Å². The van der Waals surface area contributed by atoms with Crippen molar-refractivity contribution in [3.05, 3.63) is 0 Å². The Kier molecular flexibility index (Phi) is 5.74. The van der Waals surface area contributed by atoms with Crippen LogP contribution in [0.2, 0.25) is 0 Å². The Hall–Kier alpha value is -1.64. The zero-order chi connectivity index (χ0) is 14.4. The zero-order valence-electron chi connectivity index (χ0n) is 10.9. The van der Waals surface area contributed by atoms with Crippen LogP contribution in [0.25, 0.3) is 0 Å². The molecule has 0 aliphatic carbocycles. The quantitative estimate of drug-likeness (QED) is 0.574.